The van der Waals surface area contributed by atoms with E-state index in [1.54, 1.807) is 0 Å². The van der Waals surface area contributed by atoms with Crippen molar-refractivity contribution in [2.45, 2.75) is 17.4 Å². The summed E-state index contributed by atoms with van der Waals surface area (Å²) >= 11 is 0. The first kappa shape index (κ1) is 16.2. The number of carbonyl (C=O) groups excluding carboxylic acids is 1. The van der Waals surface area contributed by atoms with Crippen molar-refractivity contribution < 1.29 is 26.4 Å². The predicted octanol–water partition coefficient (Wildman–Crippen LogP) is -0.175. The van der Waals surface area contributed by atoms with Crippen molar-refractivity contribution in [2.24, 2.45) is 0 Å². The number of nitrogens with zero attached hydrogens (tertiary/aromatic N) is 1. The van der Waals surface area contributed by atoms with Gasteiger partial charge in [-0.3, -0.25) is 4.79 Å². The van der Waals surface area contributed by atoms with E-state index in [0.29, 0.717) is 5.75 Å². The molecule has 10 heteroatoms. The SMILES string of the molecule is CN(C1CCS(=O)(=O)C1)S(=O)(=O)c1ccc2c(c1)NC(=O)CO2. The fourth-order valence-electron chi connectivity index (χ4n) is 2.65. The van der Waals surface area contributed by atoms with Crippen LogP contribution in [-0.4, -0.2) is 58.3 Å². The highest BCUT2D eigenvalue weighted by Gasteiger charge is 2.36. The van der Waals surface area contributed by atoms with Crippen LogP contribution in [0.3, 0.4) is 0 Å². The number of sulfonamides is 1. The van der Waals surface area contributed by atoms with Crippen LogP contribution in [0.5, 0.6) is 5.75 Å². The molecular formula is C13H16N2O6S2. The molecule has 0 radical (unpaired) electrons. The Morgan fingerprint density at radius 2 is 2.09 bits per heavy atom. The fourth-order valence-corrected chi connectivity index (χ4v) is 5.93. The van der Waals surface area contributed by atoms with Crippen molar-refractivity contribution in [1.82, 2.24) is 4.31 Å². The number of hydrogen-bond donors (Lipinski definition) is 1. The highest BCUT2D eigenvalue weighted by molar-refractivity contribution is 7.92. The van der Waals surface area contributed by atoms with Crippen molar-refractivity contribution >= 4 is 31.5 Å². The molecule has 126 valence electrons. The van der Waals surface area contributed by atoms with Gasteiger partial charge in [-0.2, -0.15) is 4.31 Å². The molecule has 1 saturated heterocycles. The number of rotatable bonds is 3. The number of benzene rings is 1. The summed E-state index contributed by atoms with van der Waals surface area (Å²) in [5, 5.41) is 2.55. The van der Waals surface area contributed by atoms with Crippen molar-refractivity contribution in [3.05, 3.63) is 18.2 Å². The lowest BCUT2D eigenvalue weighted by molar-refractivity contribution is -0.118. The second-order valence-electron chi connectivity index (χ2n) is 5.57. The second kappa shape index (κ2) is 5.46. The van der Waals surface area contributed by atoms with Gasteiger partial charge >= 0.3 is 0 Å². The zero-order valence-electron chi connectivity index (χ0n) is 12.4. The molecule has 1 unspecified atom stereocenters. The van der Waals surface area contributed by atoms with Gasteiger partial charge in [0.25, 0.3) is 5.91 Å². The lowest BCUT2D eigenvalue weighted by Gasteiger charge is -2.24. The summed E-state index contributed by atoms with van der Waals surface area (Å²) in [6, 6.07) is 3.60. The van der Waals surface area contributed by atoms with Gasteiger partial charge in [0.05, 0.1) is 22.1 Å². The van der Waals surface area contributed by atoms with Crippen LogP contribution in [0.25, 0.3) is 0 Å². The van der Waals surface area contributed by atoms with Gasteiger partial charge in [0.1, 0.15) is 5.75 Å². The van der Waals surface area contributed by atoms with E-state index in [2.05, 4.69) is 5.32 Å². The number of nitrogens with one attached hydrogen (secondary N) is 1. The summed E-state index contributed by atoms with van der Waals surface area (Å²) in [7, 11) is -5.68. The lowest BCUT2D eigenvalue weighted by Crippen LogP contribution is -2.37. The molecule has 0 spiro atoms. The standard InChI is InChI=1S/C13H16N2O6S2/c1-15(9-4-5-22(17,18)8-9)23(19,20)10-2-3-12-11(6-10)14-13(16)7-21-12/h2-3,6,9H,4-5,7-8H2,1H3,(H,14,16). The third-order valence-electron chi connectivity index (χ3n) is 3.98. The zero-order chi connectivity index (χ0) is 16.8. The highest BCUT2D eigenvalue weighted by Crippen LogP contribution is 2.32. The van der Waals surface area contributed by atoms with E-state index >= 15 is 0 Å². The molecule has 0 bridgehead atoms. The van der Waals surface area contributed by atoms with Crippen molar-refractivity contribution in [2.75, 3.05) is 30.5 Å². The third kappa shape index (κ3) is 3.06. The normalized spacial score (nSPS) is 23.2. The maximum atomic E-state index is 12.7. The molecule has 8 nitrogen and oxygen atoms in total. The van der Waals surface area contributed by atoms with E-state index in [1.807, 2.05) is 0 Å². The summed E-state index contributed by atoms with van der Waals surface area (Å²) in [6.07, 6.45) is 0.281. The average molecular weight is 360 g/mol. The van der Waals surface area contributed by atoms with Gasteiger partial charge in [-0.05, 0) is 24.6 Å². The Balaban J connectivity index is 1.91. The molecule has 2 aliphatic heterocycles. The molecule has 0 saturated carbocycles. The molecule has 0 aromatic heterocycles. The number of carbonyl (C=O) groups is 1. The first-order valence-corrected chi connectivity index (χ1v) is 10.2. The van der Waals surface area contributed by atoms with Crippen LogP contribution in [0.2, 0.25) is 0 Å². The van der Waals surface area contributed by atoms with E-state index in [1.165, 1.54) is 25.2 Å². The minimum absolute atomic E-state index is 0.00832. The maximum Gasteiger partial charge on any atom is 0.262 e. The Hall–Kier alpha value is -1.65. The minimum atomic E-state index is -3.86. The Bertz CT molecular complexity index is 862. The average Bonchev–Trinajstić information content (AvgIpc) is 2.85. The van der Waals surface area contributed by atoms with Crippen LogP contribution in [0.15, 0.2) is 23.1 Å². The van der Waals surface area contributed by atoms with Gasteiger partial charge in [0, 0.05) is 13.1 Å². The van der Waals surface area contributed by atoms with E-state index in [4.69, 9.17) is 4.74 Å². The molecule has 3 rings (SSSR count). The largest absolute Gasteiger partial charge is 0.482 e. The molecule has 1 aromatic rings. The molecule has 0 aliphatic carbocycles. The van der Waals surface area contributed by atoms with Crippen LogP contribution in [0.4, 0.5) is 5.69 Å². The number of anilines is 1. The number of sulfone groups is 1. The van der Waals surface area contributed by atoms with Crippen LogP contribution in [0, 0.1) is 0 Å². The van der Waals surface area contributed by atoms with Gasteiger partial charge in [-0.25, -0.2) is 16.8 Å². The monoisotopic (exact) mass is 360 g/mol. The van der Waals surface area contributed by atoms with Crippen LogP contribution in [-0.2, 0) is 24.7 Å². The van der Waals surface area contributed by atoms with Crippen molar-refractivity contribution in [3.8, 4) is 5.75 Å². The topological polar surface area (TPSA) is 110 Å². The maximum absolute atomic E-state index is 12.7. The summed E-state index contributed by atoms with van der Waals surface area (Å²) in [5.41, 5.74) is 0.287. The first-order valence-electron chi connectivity index (χ1n) is 6.94. The Morgan fingerprint density at radius 1 is 1.35 bits per heavy atom. The van der Waals surface area contributed by atoms with Gasteiger partial charge < -0.3 is 10.1 Å². The van der Waals surface area contributed by atoms with Crippen LogP contribution < -0.4 is 10.1 Å². The quantitative estimate of drug-likeness (QED) is 0.801. The van der Waals surface area contributed by atoms with Crippen molar-refractivity contribution in [1.29, 1.82) is 0 Å². The molecule has 1 fully saturated rings. The number of ether oxygens (including phenoxy) is 1. The third-order valence-corrected chi connectivity index (χ3v) is 7.64. The van der Waals surface area contributed by atoms with E-state index in [-0.39, 0.29) is 41.0 Å². The molecule has 1 atom stereocenters. The van der Waals surface area contributed by atoms with Crippen molar-refractivity contribution in [3.63, 3.8) is 0 Å². The summed E-state index contributed by atoms with van der Waals surface area (Å²) < 4.78 is 54.7. The second-order valence-corrected chi connectivity index (χ2v) is 9.80. The molecular weight excluding hydrogens is 344 g/mol. The lowest BCUT2D eigenvalue weighted by atomic mass is 10.2. The smallest absolute Gasteiger partial charge is 0.262 e. The molecule has 1 amide bonds. The molecule has 2 heterocycles. The number of hydrogen-bond acceptors (Lipinski definition) is 6. The van der Waals surface area contributed by atoms with E-state index in [0.717, 1.165) is 4.31 Å². The minimum Gasteiger partial charge on any atom is -0.482 e. The first-order chi connectivity index (χ1) is 10.7. The number of fused-ring (bicyclic) bond motifs is 1. The Kier molecular flexibility index (Phi) is 3.85. The Labute approximate surface area is 134 Å². The molecule has 1 N–H and O–H groups in total. The summed E-state index contributed by atoms with van der Waals surface area (Å²) in [6.45, 7) is -0.112. The van der Waals surface area contributed by atoms with E-state index in [9.17, 15) is 21.6 Å². The van der Waals surface area contributed by atoms with Gasteiger partial charge in [-0.1, -0.05) is 0 Å². The predicted molar refractivity (Wildman–Crippen MR) is 82.6 cm³/mol. The highest BCUT2D eigenvalue weighted by atomic mass is 32.2. The van der Waals surface area contributed by atoms with Gasteiger partial charge in [0.15, 0.2) is 16.4 Å². The zero-order valence-corrected chi connectivity index (χ0v) is 14.0. The molecule has 1 aromatic carbocycles. The Morgan fingerprint density at radius 3 is 2.74 bits per heavy atom. The molecule has 23 heavy (non-hydrogen) atoms. The van der Waals surface area contributed by atoms with E-state index < -0.39 is 25.9 Å². The summed E-state index contributed by atoms with van der Waals surface area (Å²) in [4.78, 5) is 11.3. The summed E-state index contributed by atoms with van der Waals surface area (Å²) in [5.74, 6) is -0.143. The number of amides is 1. The van der Waals surface area contributed by atoms with Crippen LogP contribution >= 0.6 is 0 Å². The molecule has 2 aliphatic rings. The fraction of sp³-hybridized carbons (Fsp3) is 0.462. The van der Waals surface area contributed by atoms with Gasteiger partial charge in [0.2, 0.25) is 10.0 Å². The van der Waals surface area contributed by atoms with Crippen LogP contribution in [0.1, 0.15) is 6.42 Å². The van der Waals surface area contributed by atoms with Gasteiger partial charge in [-0.15, -0.1) is 0 Å².